The Labute approximate surface area is 121 Å². The molecule has 0 bridgehead atoms. The van der Waals surface area contributed by atoms with Crippen LogP contribution in [-0.2, 0) is 13.6 Å². The van der Waals surface area contributed by atoms with Crippen LogP contribution in [0, 0.1) is 0 Å². The van der Waals surface area contributed by atoms with E-state index in [2.05, 4.69) is 75.5 Å². The van der Waals surface area contributed by atoms with E-state index in [1.54, 1.807) is 0 Å². The molecule has 0 unspecified atom stereocenters. The van der Waals surface area contributed by atoms with Crippen LogP contribution in [0.1, 0.15) is 5.56 Å². The topological polar surface area (TPSA) is 17.0 Å². The number of halogens is 1. The van der Waals surface area contributed by atoms with E-state index in [4.69, 9.17) is 0 Å². The van der Waals surface area contributed by atoms with Crippen LogP contribution in [0.15, 0.2) is 59.2 Å². The lowest BCUT2D eigenvalue weighted by Gasteiger charge is -2.05. The molecule has 0 aliphatic rings. The summed E-state index contributed by atoms with van der Waals surface area (Å²) in [6, 6.07) is 16.7. The van der Waals surface area contributed by atoms with Gasteiger partial charge in [0.2, 0.25) is 0 Å². The van der Waals surface area contributed by atoms with Gasteiger partial charge < -0.3 is 9.88 Å². The maximum atomic E-state index is 3.46. The smallest absolute Gasteiger partial charge is 0.0481 e. The van der Waals surface area contributed by atoms with Crippen molar-refractivity contribution in [3.05, 3.63) is 64.8 Å². The molecule has 0 fully saturated rings. The van der Waals surface area contributed by atoms with Gasteiger partial charge in [0.25, 0.3) is 0 Å². The molecule has 19 heavy (non-hydrogen) atoms. The van der Waals surface area contributed by atoms with Crippen molar-refractivity contribution in [3.63, 3.8) is 0 Å². The molecule has 0 atom stereocenters. The second-order valence-electron chi connectivity index (χ2n) is 4.64. The number of benzene rings is 2. The minimum atomic E-state index is 0.836. The van der Waals surface area contributed by atoms with Crippen LogP contribution in [0.4, 0.5) is 5.69 Å². The maximum absolute atomic E-state index is 3.46. The average molecular weight is 315 g/mol. The Bertz CT molecular complexity index is 698. The van der Waals surface area contributed by atoms with Crippen LogP contribution in [-0.4, -0.2) is 4.57 Å². The monoisotopic (exact) mass is 314 g/mol. The molecule has 0 aliphatic heterocycles. The van der Waals surface area contributed by atoms with Gasteiger partial charge in [0.1, 0.15) is 0 Å². The van der Waals surface area contributed by atoms with Gasteiger partial charge in [-0.15, -0.1) is 0 Å². The second kappa shape index (κ2) is 5.10. The van der Waals surface area contributed by atoms with Crippen molar-refractivity contribution in [2.75, 3.05) is 5.32 Å². The molecule has 1 aromatic heterocycles. The van der Waals surface area contributed by atoms with Crippen LogP contribution >= 0.6 is 15.9 Å². The number of nitrogens with one attached hydrogen (secondary N) is 1. The largest absolute Gasteiger partial charge is 0.381 e. The first-order valence-corrected chi connectivity index (χ1v) is 7.06. The highest BCUT2D eigenvalue weighted by atomic mass is 79.9. The number of aromatic nitrogens is 1. The van der Waals surface area contributed by atoms with Gasteiger partial charge in [-0.1, -0.05) is 34.1 Å². The third kappa shape index (κ3) is 2.51. The predicted octanol–water partition coefficient (Wildman–Crippen LogP) is 4.55. The summed E-state index contributed by atoms with van der Waals surface area (Å²) in [7, 11) is 2.09. The van der Waals surface area contributed by atoms with Crippen LogP contribution in [0.2, 0.25) is 0 Å². The summed E-state index contributed by atoms with van der Waals surface area (Å²) in [5.41, 5.74) is 3.73. The van der Waals surface area contributed by atoms with Gasteiger partial charge in [0, 0.05) is 40.9 Å². The Hall–Kier alpha value is -1.74. The summed E-state index contributed by atoms with van der Waals surface area (Å²) < 4.78 is 3.27. The number of fused-ring (bicyclic) bond motifs is 1. The number of para-hydroxylation sites is 1. The quantitative estimate of drug-likeness (QED) is 0.750. The summed E-state index contributed by atoms with van der Waals surface area (Å²) in [5, 5.41) is 4.77. The number of anilines is 1. The molecule has 2 aromatic carbocycles. The van der Waals surface area contributed by atoms with Gasteiger partial charge in [-0.2, -0.15) is 0 Å². The lowest BCUT2D eigenvalue weighted by Crippen LogP contribution is -1.98. The molecular weight excluding hydrogens is 300 g/mol. The Kier molecular flexibility index (Phi) is 3.30. The van der Waals surface area contributed by atoms with Crippen LogP contribution in [0.25, 0.3) is 10.9 Å². The first kappa shape index (κ1) is 12.3. The fourth-order valence-corrected chi connectivity index (χ4v) is 2.60. The Morgan fingerprint density at radius 1 is 1.05 bits per heavy atom. The molecule has 2 nitrogen and oxygen atoms in total. The third-order valence-corrected chi connectivity index (χ3v) is 3.84. The first-order valence-electron chi connectivity index (χ1n) is 6.26. The van der Waals surface area contributed by atoms with E-state index in [0.717, 1.165) is 16.7 Å². The molecule has 0 saturated carbocycles. The predicted molar refractivity (Wildman–Crippen MR) is 84.4 cm³/mol. The van der Waals surface area contributed by atoms with Crippen LogP contribution < -0.4 is 5.32 Å². The minimum Gasteiger partial charge on any atom is -0.381 e. The summed E-state index contributed by atoms with van der Waals surface area (Å²) in [6.07, 6.45) is 2.19. The highest BCUT2D eigenvalue weighted by Gasteiger charge is 2.05. The zero-order valence-electron chi connectivity index (χ0n) is 10.7. The molecule has 1 heterocycles. The molecule has 96 valence electrons. The zero-order chi connectivity index (χ0) is 13.2. The highest BCUT2D eigenvalue weighted by Crippen LogP contribution is 2.22. The normalized spacial score (nSPS) is 10.8. The van der Waals surface area contributed by atoms with Crippen LogP contribution in [0.3, 0.4) is 0 Å². The van der Waals surface area contributed by atoms with Gasteiger partial charge in [-0.05, 0) is 35.9 Å². The second-order valence-corrected chi connectivity index (χ2v) is 5.56. The van der Waals surface area contributed by atoms with Gasteiger partial charge >= 0.3 is 0 Å². The van der Waals surface area contributed by atoms with Crippen molar-refractivity contribution in [1.29, 1.82) is 0 Å². The molecule has 0 aliphatic carbocycles. The van der Waals surface area contributed by atoms with Crippen molar-refractivity contribution in [2.24, 2.45) is 7.05 Å². The van der Waals surface area contributed by atoms with E-state index in [-0.39, 0.29) is 0 Å². The lowest BCUT2D eigenvalue weighted by atomic mass is 10.2. The Balaban J connectivity index is 1.84. The number of rotatable bonds is 3. The van der Waals surface area contributed by atoms with E-state index in [1.807, 2.05) is 12.1 Å². The SMILES string of the molecule is Cn1cc(CNc2ccc(Br)cc2)c2ccccc21. The Morgan fingerprint density at radius 3 is 2.58 bits per heavy atom. The van der Waals surface area contributed by atoms with E-state index >= 15 is 0 Å². The lowest BCUT2D eigenvalue weighted by molar-refractivity contribution is 0.956. The maximum Gasteiger partial charge on any atom is 0.0481 e. The Morgan fingerprint density at radius 2 is 1.79 bits per heavy atom. The molecule has 1 N–H and O–H groups in total. The number of nitrogens with zero attached hydrogens (tertiary/aromatic N) is 1. The molecule has 0 radical (unpaired) electrons. The molecule has 0 amide bonds. The molecule has 3 heteroatoms. The van der Waals surface area contributed by atoms with Gasteiger partial charge in [-0.25, -0.2) is 0 Å². The standard InChI is InChI=1S/C16H15BrN2/c1-19-11-12(15-4-2-3-5-16(15)19)10-18-14-8-6-13(17)7-9-14/h2-9,11,18H,10H2,1H3. The number of hydrogen-bond acceptors (Lipinski definition) is 1. The average Bonchev–Trinajstić information content (AvgIpc) is 2.76. The zero-order valence-corrected chi connectivity index (χ0v) is 12.3. The summed E-state index contributed by atoms with van der Waals surface area (Å²) in [5.74, 6) is 0. The molecule has 0 spiro atoms. The summed E-state index contributed by atoms with van der Waals surface area (Å²) in [6.45, 7) is 0.836. The fraction of sp³-hybridized carbons (Fsp3) is 0.125. The minimum absolute atomic E-state index is 0.836. The fourth-order valence-electron chi connectivity index (χ4n) is 2.33. The first-order chi connectivity index (χ1) is 9.24. The van der Waals surface area contributed by atoms with Gasteiger partial charge in [-0.3, -0.25) is 0 Å². The highest BCUT2D eigenvalue weighted by molar-refractivity contribution is 9.10. The molecule has 0 saturated heterocycles. The van der Waals surface area contributed by atoms with E-state index < -0.39 is 0 Å². The number of hydrogen-bond donors (Lipinski definition) is 1. The van der Waals surface area contributed by atoms with E-state index in [1.165, 1.54) is 16.5 Å². The van der Waals surface area contributed by atoms with Crippen molar-refractivity contribution in [1.82, 2.24) is 4.57 Å². The van der Waals surface area contributed by atoms with Gasteiger partial charge in [0.05, 0.1) is 0 Å². The van der Waals surface area contributed by atoms with Crippen molar-refractivity contribution in [2.45, 2.75) is 6.54 Å². The molecular formula is C16H15BrN2. The van der Waals surface area contributed by atoms with Crippen molar-refractivity contribution in [3.8, 4) is 0 Å². The number of aryl methyl sites for hydroxylation is 1. The third-order valence-electron chi connectivity index (χ3n) is 3.31. The molecule has 3 rings (SSSR count). The van der Waals surface area contributed by atoms with Crippen molar-refractivity contribution < 1.29 is 0 Å². The van der Waals surface area contributed by atoms with E-state index in [9.17, 15) is 0 Å². The van der Waals surface area contributed by atoms with Crippen molar-refractivity contribution >= 4 is 32.5 Å². The summed E-state index contributed by atoms with van der Waals surface area (Å²) >= 11 is 3.45. The van der Waals surface area contributed by atoms with E-state index in [0.29, 0.717) is 0 Å². The van der Waals surface area contributed by atoms with Crippen LogP contribution in [0.5, 0.6) is 0 Å². The molecule has 3 aromatic rings. The summed E-state index contributed by atoms with van der Waals surface area (Å²) in [4.78, 5) is 0. The van der Waals surface area contributed by atoms with Gasteiger partial charge in [0.15, 0.2) is 0 Å².